The van der Waals surface area contributed by atoms with E-state index < -0.39 is 12.0 Å². The summed E-state index contributed by atoms with van der Waals surface area (Å²) < 4.78 is 5.47. The molecule has 200 valence electrons. The fourth-order valence-corrected chi connectivity index (χ4v) is 4.59. The van der Waals surface area contributed by atoms with Gasteiger partial charge in [0.1, 0.15) is 5.75 Å². The maximum Gasteiger partial charge on any atom is 0.335 e. The Morgan fingerprint density at radius 3 is 2.56 bits per heavy atom. The Bertz CT molecular complexity index is 1430. The van der Waals surface area contributed by atoms with E-state index in [0.717, 1.165) is 29.5 Å². The topological polar surface area (TPSA) is 108 Å². The highest BCUT2D eigenvalue weighted by Crippen LogP contribution is 2.27. The number of methoxy groups -OCH3 is 1. The van der Waals surface area contributed by atoms with Crippen LogP contribution in [0, 0.1) is 11.8 Å². The van der Waals surface area contributed by atoms with Crippen LogP contribution in [0.15, 0.2) is 66.7 Å². The van der Waals surface area contributed by atoms with E-state index in [-0.39, 0.29) is 23.9 Å². The van der Waals surface area contributed by atoms with Crippen LogP contribution in [0.2, 0.25) is 0 Å². The molecule has 0 bridgehead atoms. The zero-order valence-corrected chi connectivity index (χ0v) is 22.0. The third-order valence-electron chi connectivity index (χ3n) is 6.57. The molecule has 0 spiro atoms. The molecule has 3 amide bonds. The monoisotopic (exact) mass is 525 g/mol. The number of carboxylic acid groups (broad SMARTS) is 1. The molecule has 8 nitrogen and oxygen atoms in total. The minimum atomic E-state index is -0.949. The Kier molecular flexibility index (Phi) is 8.85. The number of benzene rings is 3. The molecule has 0 radical (unpaired) electrons. The number of carboxylic acids is 1. The number of hydrogen-bond donors (Lipinski definition) is 3. The molecule has 3 aromatic rings. The number of hydrogen-bond acceptors (Lipinski definition) is 4. The highest BCUT2D eigenvalue weighted by molar-refractivity contribution is 6.00. The quantitative estimate of drug-likeness (QED) is 0.368. The number of urea groups is 1. The van der Waals surface area contributed by atoms with E-state index in [0.29, 0.717) is 30.1 Å². The lowest BCUT2D eigenvalue weighted by atomic mass is 10.0. The van der Waals surface area contributed by atoms with Crippen LogP contribution in [-0.4, -0.2) is 47.6 Å². The smallest absolute Gasteiger partial charge is 0.335 e. The molecular formula is C31H31N3O5. The van der Waals surface area contributed by atoms with Crippen LogP contribution in [0.1, 0.15) is 46.8 Å². The van der Waals surface area contributed by atoms with Gasteiger partial charge in [-0.1, -0.05) is 43.0 Å². The number of nitrogens with one attached hydrogen (secondary N) is 2. The van der Waals surface area contributed by atoms with Crippen molar-refractivity contribution in [1.82, 2.24) is 4.90 Å². The van der Waals surface area contributed by atoms with E-state index in [9.17, 15) is 19.5 Å². The van der Waals surface area contributed by atoms with Crippen molar-refractivity contribution in [1.29, 1.82) is 0 Å². The lowest BCUT2D eigenvalue weighted by molar-refractivity contribution is -0.130. The number of rotatable bonds is 7. The second-order valence-electron chi connectivity index (χ2n) is 9.20. The van der Waals surface area contributed by atoms with Crippen molar-refractivity contribution in [2.45, 2.75) is 38.6 Å². The van der Waals surface area contributed by atoms with Gasteiger partial charge in [-0.15, -0.1) is 0 Å². The first-order valence-electron chi connectivity index (χ1n) is 12.8. The molecule has 1 fully saturated rings. The predicted molar refractivity (Wildman–Crippen MR) is 150 cm³/mol. The molecule has 0 aliphatic carbocycles. The van der Waals surface area contributed by atoms with Gasteiger partial charge in [-0.05, 0) is 72.9 Å². The molecule has 0 saturated carbocycles. The van der Waals surface area contributed by atoms with Gasteiger partial charge in [-0.2, -0.15) is 0 Å². The number of para-hydroxylation sites is 1. The molecule has 1 saturated heterocycles. The van der Waals surface area contributed by atoms with Gasteiger partial charge in [-0.3, -0.25) is 4.79 Å². The van der Waals surface area contributed by atoms with Gasteiger partial charge < -0.3 is 25.4 Å². The average molecular weight is 526 g/mol. The fraction of sp³-hybridized carbons (Fsp3) is 0.258. The lowest BCUT2D eigenvalue weighted by Crippen LogP contribution is -2.35. The van der Waals surface area contributed by atoms with Crippen molar-refractivity contribution in [3.05, 3.63) is 89.0 Å². The van der Waals surface area contributed by atoms with E-state index >= 15 is 0 Å². The molecule has 3 aromatic carbocycles. The largest absolute Gasteiger partial charge is 0.495 e. The number of nitrogens with zero attached hydrogens (tertiary/aromatic N) is 1. The van der Waals surface area contributed by atoms with Gasteiger partial charge in [0.25, 0.3) is 0 Å². The molecular weight excluding hydrogens is 494 g/mol. The molecule has 1 atom stereocenters. The third kappa shape index (κ3) is 6.96. The standard InChI is InChI=1S/C31H31N3O5/c1-3-23-18-21(12-15-26(23)30(36)37)11-14-25-10-7-17-34(25)29(35)20-22-13-16-27(28(19-22)39-2)33-31(38)32-24-8-5-4-6-9-24/h4-6,8-9,12-13,15-16,18-19,25H,3,7,10,17,20H2,1-2H3,(H,36,37)(H2,32,33,38). The minimum absolute atomic E-state index is 0.0353. The number of carbonyl (C=O) groups excluding carboxylic acids is 2. The Hall–Kier alpha value is -4.77. The summed E-state index contributed by atoms with van der Waals surface area (Å²) in [6.45, 7) is 2.54. The van der Waals surface area contributed by atoms with E-state index in [1.165, 1.54) is 7.11 Å². The lowest BCUT2D eigenvalue weighted by Gasteiger charge is -2.21. The van der Waals surface area contributed by atoms with Gasteiger partial charge in [0, 0.05) is 17.8 Å². The molecule has 3 N–H and O–H groups in total. The van der Waals surface area contributed by atoms with Gasteiger partial charge in [0.2, 0.25) is 5.91 Å². The van der Waals surface area contributed by atoms with Crippen molar-refractivity contribution in [2.24, 2.45) is 0 Å². The fourth-order valence-electron chi connectivity index (χ4n) is 4.59. The summed E-state index contributed by atoms with van der Waals surface area (Å²) >= 11 is 0. The van der Waals surface area contributed by atoms with Crippen LogP contribution < -0.4 is 15.4 Å². The molecule has 1 aliphatic heterocycles. The first kappa shape index (κ1) is 27.3. The zero-order chi connectivity index (χ0) is 27.8. The first-order chi connectivity index (χ1) is 18.9. The number of aryl methyl sites for hydroxylation is 1. The summed E-state index contributed by atoms with van der Waals surface area (Å²) in [6.07, 6.45) is 2.43. The van der Waals surface area contributed by atoms with Gasteiger partial charge in [0.15, 0.2) is 0 Å². The van der Waals surface area contributed by atoms with E-state index in [1.54, 1.807) is 53.4 Å². The zero-order valence-electron chi connectivity index (χ0n) is 22.0. The molecule has 4 rings (SSSR count). The maximum atomic E-state index is 13.2. The number of likely N-dealkylation sites (tertiary alicyclic amines) is 1. The number of anilines is 2. The summed E-state index contributed by atoms with van der Waals surface area (Å²) in [5.41, 5.74) is 3.68. The van der Waals surface area contributed by atoms with Gasteiger partial charge >= 0.3 is 12.0 Å². The van der Waals surface area contributed by atoms with Crippen LogP contribution in [0.3, 0.4) is 0 Å². The maximum absolute atomic E-state index is 13.2. The Labute approximate surface area is 228 Å². The Morgan fingerprint density at radius 1 is 1.05 bits per heavy atom. The molecule has 1 aliphatic rings. The van der Waals surface area contributed by atoms with Gasteiger partial charge in [0.05, 0.1) is 30.8 Å². The molecule has 0 aromatic heterocycles. The van der Waals surface area contributed by atoms with E-state index in [1.807, 2.05) is 25.1 Å². The van der Waals surface area contributed by atoms with Crippen molar-refractivity contribution < 1.29 is 24.2 Å². The van der Waals surface area contributed by atoms with Gasteiger partial charge in [-0.25, -0.2) is 9.59 Å². The number of amides is 3. The average Bonchev–Trinajstić information content (AvgIpc) is 3.42. The SMILES string of the molecule is CCc1cc(C#CC2CCCN2C(=O)Cc2ccc(NC(=O)Nc3ccccc3)c(OC)c2)ccc1C(=O)O. The second-order valence-corrected chi connectivity index (χ2v) is 9.20. The Morgan fingerprint density at radius 2 is 1.85 bits per heavy atom. The van der Waals surface area contributed by atoms with Crippen LogP contribution >= 0.6 is 0 Å². The summed E-state index contributed by atoms with van der Waals surface area (Å²) in [7, 11) is 1.51. The first-order valence-corrected chi connectivity index (χ1v) is 12.8. The number of ether oxygens (including phenoxy) is 1. The molecule has 1 heterocycles. The number of carbonyl (C=O) groups is 3. The molecule has 8 heteroatoms. The minimum Gasteiger partial charge on any atom is -0.495 e. The van der Waals surface area contributed by atoms with Crippen LogP contribution in [0.5, 0.6) is 5.75 Å². The van der Waals surface area contributed by atoms with Crippen LogP contribution in [-0.2, 0) is 17.6 Å². The second kappa shape index (κ2) is 12.7. The van der Waals surface area contributed by atoms with Crippen LogP contribution in [0.4, 0.5) is 16.2 Å². The van der Waals surface area contributed by atoms with E-state index in [4.69, 9.17) is 4.74 Å². The van der Waals surface area contributed by atoms with Crippen molar-refractivity contribution in [3.8, 4) is 17.6 Å². The normalized spacial score (nSPS) is 14.2. The highest BCUT2D eigenvalue weighted by Gasteiger charge is 2.27. The summed E-state index contributed by atoms with van der Waals surface area (Å²) in [5, 5.41) is 14.9. The van der Waals surface area contributed by atoms with Crippen molar-refractivity contribution in [2.75, 3.05) is 24.3 Å². The summed E-state index contributed by atoms with van der Waals surface area (Å²) in [4.78, 5) is 38.8. The third-order valence-corrected chi connectivity index (χ3v) is 6.57. The Balaban J connectivity index is 1.41. The van der Waals surface area contributed by atoms with Crippen molar-refractivity contribution in [3.63, 3.8) is 0 Å². The highest BCUT2D eigenvalue weighted by atomic mass is 16.5. The molecule has 1 unspecified atom stereocenters. The summed E-state index contributed by atoms with van der Waals surface area (Å²) in [6, 6.07) is 18.9. The predicted octanol–water partition coefficient (Wildman–Crippen LogP) is 5.19. The van der Waals surface area contributed by atoms with E-state index in [2.05, 4.69) is 22.5 Å². The summed E-state index contributed by atoms with van der Waals surface area (Å²) in [5.74, 6) is 5.82. The van der Waals surface area contributed by atoms with Crippen LogP contribution in [0.25, 0.3) is 0 Å². The number of aromatic carboxylic acids is 1. The van der Waals surface area contributed by atoms with Crippen molar-refractivity contribution >= 4 is 29.3 Å². The molecule has 39 heavy (non-hydrogen) atoms.